The third kappa shape index (κ3) is 3.33. The SMILES string of the molecule is Cc1ncsc1-c1nnc([C@@H]2CCCCN2S(=O)(=O)c2ccc(F)c(F)c2)o1. The highest BCUT2D eigenvalue weighted by atomic mass is 32.2. The molecule has 1 aliphatic heterocycles. The van der Waals surface area contributed by atoms with Gasteiger partial charge in [0.15, 0.2) is 11.6 Å². The Morgan fingerprint density at radius 2 is 2.04 bits per heavy atom. The van der Waals surface area contributed by atoms with Crippen molar-refractivity contribution in [3.05, 3.63) is 46.9 Å². The van der Waals surface area contributed by atoms with Crippen LogP contribution in [0.15, 0.2) is 33.0 Å². The number of aryl methyl sites for hydroxylation is 1. The molecule has 2 aromatic heterocycles. The average Bonchev–Trinajstić information content (AvgIpc) is 3.32. The Hall–Kier alpha value is -2.24. The predicted molar refractivity (Wildman–Crippen MR) is 97.0 cm³/mol. The molecule has 1 fully saturated rings. The fourth-order valence-electron chi connectivity index (χ4n) is 3.18. The smallest absolute Gasteiger partial charge is 0.259 e. The van der Waals surface area contributed by atoms with E-state index in [1.165, 1.54) is 15.6 Å². The van der Waals surface area contributed by atoms with Crippen molar-refractivity contribution in [1.82, 2.24) is 19.5 Å². The quantitative estimate of drug-likeness (QED) is 0.632. The topological polar surface area (TPSA) is 89.2 Å². The third-order valence-electron chi connectivity index (χ3n) is 4.62. The van der Waals surface area contributed by atoms with E-state index in [0.29, 0.717) is 18.9 Å². The molecule has 7 nitrogen and oxygen atoms in total. The number of piperidine rings is 1. The van der Waals surface area contributed by atoms with Gasteiger partial charge in [-0.3, -0.25) is 0 Å². The van der Waals surface area contributed by atoms with Gasteiger partial charge in [-0.25, -0.2) is 22.2 Å². The fourth-order valence-corrected chi connectivity index (χ4v) is 5.57. The molecule has 4 rings (SSSR count). The molecule has 1 aliphatic rings. The Kier molecular flexibility index (Phi) is 4.98. The van der Waals surface area contributed by atoms with Crippen LogP contribution in [-0.4, -0.2) is 34.4 Å². The molecule has 3 heterocycles. The van der Waals surface area contributed by atoms with Crippen LogP contribution in [0.25, 0.3) is 10.8 Å². The second-order valence-corrected chi connectivity index (χ2v) is 9.16. The van der Waals surface area contributed by atoms with Gasteiger partial charge in [0.1, 0.15) is 10.9 Å². The van der Waals surface area contributed by atoms with Gasteiger partial charge in [0.2, 0.25) is 15.9 Å². The van der Waals surface area contributed by atoms with Crippen molar-refractivity contribution in [3.63, 3.8) is 0 Å². The van der Waals surface area contributed by atoms with Crippen LogP contribution in [0, 0.1) is 18.6 Å². The molecular formula is C17H16F2N4O3S2. The molecule has 148 valence electrons. The van der Waals surface area contributed by atoms with Gasteiger partial charge in [-0.2, -0.15) is 4.31 Å². The van der Waals surface area contributed by atoms with Crippen molar-refractivity contribution in [3.8, 4) is 10.8 Å². The minimum absolute atomic E-state index is 0.175. The monoisotopic (exact) mass is 426 g/mol. The minimum Gasteiger partial charge on any atom is -0.418 e. The van der Waals surface area contributed by atoms with Gasteiger partial charge < -0.3 is 4.42 Å². The number of hydrogen-bond acceptors (Lipinski definition) is 7. The lowest BCUT2D eigenvalue weighted by molar-refractivity contribution is 0.220. The lowest BCUT2D eigenvalue weighted by Crippen LogP contribution is -2.38. The highest BCUT2D eigenvalue weighted by Crippen LogP contribution is 2.36. The largest absolute Gasteiger partial charge is 0.418 e. The molecule has 1 atom stereocenters. The molecule has 0 aliphatic carbocycles. The molecule has 0 unspecified atom stereocenters. The number of aromatic nitrogens is 3. The number of nitrogens with zero attached hydrogens (tertiary/aromatic N) is 4. The maximum Gasteiger partial charge on any atom is 0.259 e. The average molecular weight is 426 g/mol. The van der Waals surface area contributed by atoms with Gasteiger partial charge >= 0.3 is 0 Å². The minimum atomic E-state index is -4.06. The maximum atomic E-state index is 13.6. The summed E-state index contributed by atoms with van der Waals surface area (Å²) in [5, 5.41) is 8.08. The van der Waals surface area contributed by atoms with E-state index < -0.39 is 27.7 Å². The number of hydrogen-bond donors (Lipinski definition) is 0. The zero-order valence-electron chi connectivity index (χ0n) is 14.8. The lowest BCUT2D eigenvalue weighted by Gasteiger charge is -2.32. The van der Waals surface area contributed by atoms with E-state index >= 15 is 0 Å². The number of halogens is 2. The Bertz CT molecular complexity index is 1110. The molecular weight excluding hydrogens is 410 g/mol. The first-order chi connectivity index (χ1) is 13.4. The van der Waals surface area contributed by atoms with E-state index in [4.69, 9.17) is 4.42 Å². The van der Waals surface area contributed by atoms with Crippen molar-refractivity contribution in [2.45, 2.75) is 37.1 Å². The van der Waals surface area contributed by atoms with Crippen molar-refractivity contribution in [2.75, 3.05) is 6.54 Å². The van der Waals surface area contributed by atoms with Crippen LogP contribution in [0.1, 0.15) is 36.9 Å². The van der Waals surface area contributed by atoms with E-state index in [1.807, 2.05) is 6.92 Å². The zero-order chi connectivity index (χ0) is 19.9. The molecule has 3 aromatic rings. The van der Waals surface area contributed by atoms with Crippen LogP contribution in [0.3, 0.4) is 0 Å². The lowest BCUT2D eigenvalue weighted by atomic mass is 10.1. The Morgan fingerprint density at radius 1 is 1.21 bits per heavy atom. The van der Waals surface area contributed by atoms with Crippen LogP contribution >= 0.6 is 11.3 Å². The molecule has 0 saturated carbocycles. The van der Waals surface area contributed by atoms with Gasteiger partial charge in [-0.05, 0) is 38.0 Å². The summed E-state index contributed by atoms with van der Waals surface area (Å²) in [6.45, 7) is 2.04. The van der Waals surface area contributed by atoms with E-state index in [0.717, 1.165) is 29.1 Å². The highest BCUT2D eigenvalue weighted by molar-refractivity contribution is 7.89. The van der Waals surface area contributed by atoms with E-state index in [-0.39, 0.29) is 23.2 Å². The van der Waals surface area contributed by atoms with Crippen molar-refractivity contribution in [1.29, 1.82) is 0 Å². The van der Waals surface area contributed by atoms with Crippen molar-refractivity contribution >= 4 is 21.4 Å². The van der Waals surface area contributed by atoms with E-state index in [1.54, 1.807) is 5.51 Å². The standard InChI is InChI=1S/C17H16F2N4O3S2/c1-10-15(27-9-20-10)17-22-21-16(26-17)14-4-2-3-7-23(14)28(24,25)11-5-6-12(18)13(19)8-11/h5-6,8-9,14H,2-4,7H2,1H3/t14-/m0/s1. The maximum absolute atomic E-state index is 13.6. The Morgan fingerprint density at radius 3 is 2.75 bits per heavy atom. The summed E-state index contributed by atoms with van der Waals surface area (Å²) >= 11 is 1.35. The van der Waals surface area contributed by atoms with Crippen LogP contribution in [0.2, 0.25) is 0 Å². The molecule has 0 amide bonds. The predicted octanol–water partition coefficient (Wildman–Crippen LogP) is 3.70. The van der Waals surface area contributed by atoms with Crippen molar-refractivity contribution in [2.24, 2.45) is 0 Å². The first-order valence-electron chi connectivity index (χ1n) is 8.58. The molecule has 0 bridgehead atoms. The van der Waals surface area contributed by atoms with Gasteiger partial charge in [-0.15, -0.1) is 21.5 Å². The fraction of sp³-hybridized carbons (Fsp3) is 0.353. The van der Waals surface area contributed by atoms with Crippen molar-refractivity contribution < 1.29 is 21.6 Å². The second kappa shape index (κ2) is 7.30. The summed E-state index contributed by atoms with van der Waals surface area (Å²) in [5.74, 6) is -1.86. The summed E-state index contributed by atoms with van der Waals surface area (Å²) < 4.78 is 59.9. The molecule has 11 heteroatoms. The van der Waals surface area contributed by atoms with E-state index in [2.05, 4.69) is 15.2 Å². The first kappa shape index (κ1) is 19.1. The van der Waals surface area contributed by atoms with Crippen LogP contribution in [-0.2, 0) is 10.0 Å². The Balaban J connectivity index is 1.69. The normalized spacial score (nSPS) is 18.5. The van der Waals surface area contributed by atoms with E-state index in [9.17, 15) is 17.2 Å². The summed E-state index contributed by atoms with van der Waals surface area (Å²) in [6, 6.07) is 1.88. The molecule has 0 spiro atoms. The summed E-state index contributed by atoms with van der Waals surface area (Å²) in [4.78, 5) is 4.56. The van der Waals surface area contributed by atoms with Gasteiger partial charge in [-0.1, -0.05) is 6.42 Å². The number of thiazole rings is 1. The number of benzene rings is 1. The Labute approximate surface area is 164 Å². The third-order valence-corrected chi connectivity index (χ3v) is 7.44. The van der Waals surface area contributed by atoms with Gasteiger partial charge in [0, 0.05) is 6.54 Å². The molecule has 1 aromatic carbocycles. The summed E-state index contributed by atoms with van der Waals surface area (Å²) in [7, 11) is -4.06. The van der Waals surface area contributed by atoms with Gasteiger partial charge in [0.25, 0.3) is 5.89 Å². The van der Waals surface area contributed by atoms with Crippen LogP contribution in [0.4, 0.5) is 8.78 Å². The molecule has 28 heavy (non-hydrogen) atoms. The molecule has 1 saturated heterocycles. The van der Waals surface area contributed by atoms with Crippen LogP contribution in [0.5, 0.6) is 0 Å². The molecule has 0 N–H and O–H groups in total. The number of rotatable bonds is 4. The highest BCUT2D eigenvalue weighted by Gasteiger charge is 2.38. The zero-order valence-corrected chi connectivity index (χ0v) is 16.4. The van der Waals surface area contributed by atoms with Gasteiger partial charge in [0.05, 0.1) is 16.1 Å². The summed E-state index contributed by atoms with van der Waals surface area (Å²) in [6.07, 6.45) is 1.92. The molecule has 0 radical (unpaired) electrons. The first-order valence-corrected chi connectivity index (χ1v) is 10.9. The van der Waals surface area contributed by atoms with Crippen LogP contribution < -0.4 is 0 Å². The second-order valence-electron chi connectivity index (χ2n) is 6.42. The summed E-state index contributed by atoms with van der Waals surface area (Å²) in [5.41, 5.74) is 2.41. The number of sulfonamides is 1.